The van der Waals surface area contributed by atoms with Crippen LogP contribution in [0.15, 0.2) is 23.8 Å². The van der Waals surface area contributed by atoms with E-state index in [9.17, 15) is 19.8 Å². The van der Waals surface area contributed by atoms with Crippen molar-refractivity contribution in [3.63, 3.8) is 0 Å². The number of aliphatic hydroxyl groups is 2. The summed E-state index contributed by atoms with van der Waals surface area (Å²) >= 11 is 0.963. The summed E-state index contributed by atoms with van der Waals surface area (Å²) in [7, 11) is 0. The van der Waals surface area contributed by atoms with E-state index in [1.807, 2.05) is 19.9 Å². The first-order chi connectivity index (χ1) is 15.1. The summed E-state index contributed by atoms with van der Waals surface area (Å²) in [6.07, 6.45) is 8.38. The molecule has 1 fully saturated rings. The van der Waals surface area contributed by atoms with E-state index in [2.05, 4.69) is 41.7 Å². The number of halogens is 3. The van der Waals surface area contributed by atoms with Crippen molar-refractivity contribution in [2.45, 2.75) is 76.5 Å². The van der Waals surface area contributed by atoms with E-state index < -0.39 is 37.2 Å². The van der Waals surface area contributed by atoms with Crippen LogP contribution in [-0.2, 0) is 17.4 Å². The Morgan fingerprint density at radius 3 is 2.81 bits per heavy atom. The summed E-state index contributed by atoms with van der Waals surface area (Å²) in [5, 5.41) is 20.3. The molecule has 0 bridgehead atoms. The third kappa shape index (κ3) is 7.03. The number of alkyl halides is 4. The van der Waals surface area contributed by atoms with Gasteiger partial charge in [0.1, 0.15) is 0 Å². The molecule has 1 saturated heterocycles. The summed E-state index contributed by atoms with van der Waals surface area (Å²) < 4.78 is 11.9. The Hall–Kier alpha value is 0.530. The summed E-state index contributed by atoms with van der Waals surface area (Å²) in [5.74, 6) is 0.699. The van der Waals surface area contributed by atoms with Crippen LogP contribution >= 0.6 is 0 Å². The normalized spacial score (nSPS) is 36.8. The van der Waals surface area contributed by atoms with Crippen molar-refractivity contribution in [3.8, 4) is 0 Å². The second-order valence-electron chi connectivity index (χ2n) is 9.02. The number of carbonyl (C=O) groups is 2. The van der Waals surface area contributed by atoms with Crippen molar-refractivity contribution < 1.29 is 93.0 Å². The quantitative estimate of drug-likeness (QED) is 0.145. The number of ether oxygens (including phenoxy) is 1. The van der Waals surface area contributed by atoms with E-state index in [0.717, 1.165) is 17.3 Å². The Kier molecular flexibility index (Phi) is 10.2. The van der Waals surface area contributed by atoms with Crippen molar-refractivity contribution >= 4 is 11.9 Å². The molecule has 0 aromatic heterocycles. The maximum absolute atomic E-state index is 12.6. The molecule has 1 radical (unpaired) electrons. The average Bonchev–Trinajstić information content (AvgIpc) is 2.72. The monoisotopic (exact) mass is 786 g/mol. The Labute approximate surface area is 225 Å². The van der Waals surface area contributed by atoms with Crippen LogP contribution in [0.2, 0.25) is 0 Å². The molecule has 0 amide bonds. The molecule has 6 nitrogen and oxygen atoms in total. The van der Waals surface area contributed by atoms with Crippen molar-refractivity contribution in [2.24, 2.45) is 17.8 Å². The summed E-state index contributed by atoms with van der Waals surface area (Å²) in [6, 6.07) is 0. The summed E-state index contributed by atoms with van der Waals surface area (Å²) in [4.78, 5) is 24.2. The number of rotatable bonds is 8. The molecule has 0 spiro atoms. The zero-order valence-corrected chi connectivity index (χ0v) is 25.1. The minimum absolute atomic E-state index is 0.0952. The summed E-state index contributed by atoms with van der Waals surface area (Å²) in [6.45, 7) is 6.15. The van der Waals surface area contributed by atoms with Crippen LogP contribution in [0.25, 0.3) is 0 Å². The Morgan fingerprint density at radius 2 is 2.12 bits per heavy atom. The van der Waals surface area contributed by atoms with Crippen LogP contribution in [0.5, 0.6) is 0 Å². The molecule has 185 valence electrons. The Balaban J connectivity index is 1.65. The number of aliphatic hydroxyl groups excluding tert-OH is 2. The van der Waals surface area contributed by atoms with Crippen LogP contribution < -0.4 is 65.4 Å². The zero-order chi connectivity index (χ0) is 23.5. The fraction of sp³-hybridized carbons (Fsp3) is 0.739. The van der Waals surface area contributed by atoms with Gasteiger partial charge in [-0.05, 0) is 0 Å². The standard InChI is InChI=1S/C23H33I3O6/c1-4-23(3,24)22(30)32-26-18-10-15(27)9-14-6-5-13(2)17(21(14)18)7-8-25-19-11-16(28)12-20(29)31-19/h5-6,9,13,15-19,21,27-28H,4,7-8,10-12H2,1-3H3/q-3/t13-,15+,16+,17?,18?,19?,21-,23+/m0/s1. The average molecular weight is 786 g/mol. The molecular weight excluding hydrogens is 753 g/mol. The van der Waals surface area contributed by atoms with Gasteiger partial charge in [0.2, 0.25) is 0 Å². The number of hydrogen-bond donors (Lipinski definition) is 2. The number of allylic oxidation sites excluding steroid dienone is 3. The van der Waals surface area contributed by atoms with Crippen LogP contribution in [0.3, 0.4) is 0 Å². The molecule has 0 aromatic rings. The van der Waals surface area contributed by atoms with E-state index in [0.29, 0.717) is 30.6 Å². The molecule has 8 atom stereocenters. The molecule has 3 unspecified atom stereocenters. The van der Waals surface area contributed by atoms with Crippen LogP contribution in [-0.4, -0.2) is 50.2 Å². The van der Waals surface area contributed by atoms with Crippen molar-refractivity contribution in [2.75, 3.05) is 4.43 Å². The first kappa shape index (κ1) is 27.1. The second-order valence-corrected chi connectivity index (χ2v) is 17.3. The SMILES string of the molecule is CC[C@@](C)([I-])C(=O)O[I-]C1C[C@H](O)C=C2C=C[C@H](C)C(CC[I-]C3C[C@@H](O)CC(=O)O3)[C@H]21. The molecule has 9 heteroatoms. The Bertz CT molecular complexity index is 752. The molecule has 1 aliphatic heterocycles. The molecule has 0 aromatic carbocycles. The second kappa shape index (κ2) is 12.0. The first-order valence-corrected chi connectivity index (χ1v) is 17.1. The fourth-order valence-electron chi connectivity index (χ4n) is 4.39. The van der Waals surface area contributed by atoms with Crippen LogP contribution in [0.4, 0.5) is 0 Å². The molecule has 1 heterocycles. The topological polar surface area (TPSA) is 93.1 Å². The zero-order valence-electron chi connectivity index (χ0n) is 18.7. The maximum atomic E-state index is 12.6. The minimum atomic E-state index is -0.852. The van der Waals surface area contributed by atoms with Gasteiger partial charge in [-0.15, -0.1) is 0 Å². The molecule has 2 N–H and O–H groups in total. The van der Waals surface area contributed by atoms with Gasteiger partial charge < -0.3 is 0 Å². The van der Waals surface area contributed by atoms with E-state index in [1.165, 1.54) is 5.57 Å². The van der Waals surface area contributed by atoms with Gasteiger partial charge in [-0.2, -0.15) is 0 Å². The van der Waals surface area contributed by atoms with Gasteiger partial charge in [-0.3, -0.25) is 0 Å². The van der Waals surface area contributed by atoms with Crippen molar-refractivity contribution in [3.05, 3.63) is 23.8 Å². The summed E-state index contributed by atoms with van der Waals surface area (Å²) in [5.41, 5.74) is 1.18. The van der Waals surface area contributed by atoms with Gasteiger partial charge in [-0.1, -0.05) is 0 Å². The third-order valence-electron chi connectivity index (χ3n) is 6.52. The van der Waals surface area contributed by atoms with Gasteiger partial charge >= 0.3 is 227 Å². The Morgan fingerprint density at radius 1 is 1.38 bits per heavy atom. The van der Waals surface area contributed by atoms with Crippen LogP contribution in [0, 0.1) is 17.8 Å². The van der Waals surface area contributed by atoms with Crippen molar-refractivity contribution in [1.82, 2.24) is 0 Å². The van der Waals surface area contributed by atoms with E-state index in [-0.39, 0.29) is 47.6 Å². The first-order valence-electron chi connectivity index (χ1n) is 11.2. The van der Waals surface area contributed by atoms with Gasteiger partial charge in [0.05, 0.1) is 0 Å². The van der Waals surface area contributed by atoms with E-state index >= 15 is 0 Å². The molecular formula is C23H33I3O6-3. The predicted molar refractivity (Wildman–Crippen MR) is 107 cm³/mol. The molecule has 0 saturated carbocycles. The number of cyclic esters (lactones) is 1. The van der Waals surface area contributed by atoms with Crippen LogP contribution in [0.1, 0.15) is 52.9 Å². The number of hydrogen-bond acceptors (Lipinski definition) is 6. The van der Waals surface area contributed by atoms with Crippen molar-refractivity contribution in [1.29, 1.82) is 0 Å². The molecule has 2 aliphatic carbocycles. The number of fused-ring (bicyclic) bond motifs is 1. The predicted octanol–water partition coefficient (Wildman–Crippen LogP) is -6.74. The fourth-order valence-corrected chi connectivity index (χ4v) is 11.1. The van der Waals surface area contributed by atoms with E-state index in [1.54, 1.807) is 0 Å². The molecule has 3 aliphatic rings. The van der Waals surface area contributed by atoms with E-state index in [4.69, 9.17) is 7.80 Å². The van der Waals surface area contributed by atoms with Gasteiger partial charge in [0.15, 0.2) is 0 Å². The third-order valence-corrected chi connectivity index (χ3v) is 13.3. The number of carbonyl (C=O) groups excluding carboxylic acids is 2. The van der Waals surface area contributed by atoms with Gasteiger partial charge in [0, 0.05) is 0 Å². The van der Waals surface area contributed by atoms with Gasteiger partial charge in [-0.25, -0.2) is 0 Å². The van der Waals surface area contributed by atoms with Gasteiger partial charge in [0.25, 0.3) is 0 Å². The number of esters is 1. The molecule has 3 rings (SSSR count). The molecule has 32 heavy (non-hydrogen) atoms.